The number of ether oxygens (including phenoxy) is 1. The molecule has 5 heteroatoms. The molecular weight excluding hydrogens is 244 g/mol. The van der Waals surface area contributed by atoms with Crippen LogP contribution >= 0.6 is 0 Å². The van der Waals surface area contributed by atoms with Crippen molar-refractivity contribution >= 4 is 11.6 Å². The Morgan fingerprint density at radius 1 is 1.32 bits per heavy atom. The van der Waals surface area contributed by atoms with Crippen molar-refractivity contribution < 1.29 is 14.6 Å². The second kappa shape index (κ2) is 5.39. The number of aryl methyl sites for hydroxylation is 1. The van der Waals surface area contributed by atoms with Crippen molar-refractivity contribution in [1.29, 1.82) is 0 Å². The fourth-order valence-corrected chi connectivity index (χ4v) is 1.57. The maximum Gasteiger partial charge on any atom is 0.259 e. The Bertz CT molecular complexity index is 594. The molecule has 0 saturated heterocycles. The number of phenolic OH excluding ortho intramolecular Hbond substituents is 1. The van der Waals surface area contributed by atoms with Gasteiger partial charge < -0.3 is 15.2 Å². The molecule has 98 valence electrons. The van der Waals surface area contributed by atoms with Crippen LogP contribution in [0.2, 0.25) is 0 Å². The molecule has 0 spiro atoms. The van der Waals surface area contributed by atoms with Gasteiger partial charge in [0.2, 0.25) is 0 Å². The molecule has 0 bridgehead atoms. The van der Waals surface area contributed by atoms with Crippen LogP contribution in [0.5, 0.6) is 11.5 Å². The summed E-state index contributed by atoms with van der Waals surface area (Å²) in [5.41, 5.74) is 1.62. The molecule has 0 unspecified atom stereocenters. The Morgan fingerprint density at radius 2 is 2.11 bits per heavy atom. The van der Waals surface area contributed by atoms with Crippen LogP contribution in [0.25, 0.3) is 0 Å². The van der Waals surface area contributed by atoms with Gasteiger partial charge in [0.1, 0.15) is 11.5 Å². The minimum absolute atomic E-state index is 0.128. The molecule has 0 saturated carbocycles. The molecule has 19 heavy (non-hydrogen) atoms. The summed E-state index contributed by atoms with van der Waals surface area (Å²) in [7, 11) is 1.49. The number of nitrogens with zero attached hydrogens (tertiary/aromatic N) is 1. The second-order valence-corrected chi connectivity index (χ2v) is 4.03. The third-order valence-electron chi connectivity index (χ3n) is 2.62. The van der Waals surface area contributed by atoms with Crippen molar-refractivity contribution in [2.24, 2.45) is 0 Å². The quantitative estimate of drug-likeness (QED) is 0.886. The zero-order valence-corrected chi connectivity index (χ0v) is 10.7. The smallest absolute Gasteiger partial charge is 0.259 e. The number of carbonyl (C=O) groups excluding carboxylic acids is 1. The second-order valence-electron chi connectivity index (χ2n) is 4.03. The van der Waals surface area contributed by atoms with Gasteiger partial charge in [-0.1, -0.05) is 0 Å². The maximum absolute atomic E-state index is 12.0. The van der Waals surface area contributed by atoms with Gasteiger partial charge in [-0.15, -0.1) is 0 Å². The molecule has 0 aliphatic carbocycles. The van der Waals surface area contributed by atoms with Crippen LogP contribution in [-0.4, -0.2) is 23.1 Å². The first-order chi connectivity index (χ1) is 9.10. The largest absolute Gasteiger partial charge is 0.507 e. The summed E-state index contributed by atoms with van der Waals surface area (Å²) >= 11 is 0. The average molecular weight is 258 g/mol. The lowest BCUT2D eigenvalue weighted by atomic mass is 10.1. The van der Waals surface area contributed by atoms with Crippen LogP contribution in [0.1, 0.15) is 16.1 Å². The van der Waals surface area contributed by atoms with E-state index in [0.29, 0.717) is 11.4 Å². The first-order valence-corrected chi connectivity index (χ1v) is 5.71. The van der Waals surface area contributed by atoms with E-state index in [9.17, 15) is 9.90 Å². The van der Waals surface area contributed by atoms with Crippen LogP contribution in [-0.2, 0) is 0 Å². The summed E-state index contributed by atoms with van der Waals surface area (Å²) in [5.74, 6) is -0.0335. The molecule has 2 N–H and O–H groups in total. The van der Waals surface area contributed by atoms with Crippen molar-refractivity contribution in [3.8, 4) is 11.5 Å². The van der Waals surface area contributed by atoms with E-state index >= 15 is 0 Å². The molecule has 1 aromatic heterocycles. The first-order valence-electron chi connectivity index (χ1n) is 5.71. The Hall–Kier alpha value is -2.56. The fourth-order valence-electron chi connectivity index (χ4n) is 1.57. The third-order valence-corrected chi connectivity index (χ3v) is 2.62. The number of pyridine rings is 1. The van der Waals surface area contributed by atoms with Gasteiger partial charge in [0, 0.05) is 11.8 Å². The van der Waals surface area contributed by atoms with Crippen LogP contribution in [0, 0.1) is 6.92 Å². The number of phenols is 1. The average Bonchev–Trinajstić information content (AvgIpc) is 2.41. The van der Waals surface area contributed by atoms with Crippen LogP contribution < -0.4 is 10.1 Å². The Labute approximate surface area is 110 Å². The standard InChI is InChI=1S/C14H14N2O3/c1-9-3-4-10(8-15-9)16-14(18)12-6-5-11(19-2)7-13(12)17/h3-8,17H,1-2H3,(H,16,18). The molecule has 1 heterocycles. The molecule has 0 aliphatic heterocycles. The number of amides is 1. The lowest BCUT2D eigenvalue weighted by Crippen LogP contribution is -2.12. The molecule has 2 aromatic rings. The summed E-state index contributed by atoms with van der Waals surface area (Å²) in [4.78, 5) is 16.1. The fraction of sp³-hybridized carbons (Fsp3) is 0.143. The van der Waals surface area contributed by atoms with Crippen LogP contribution in [0.3, 0.4) is 0 Å². The van der Waals surface area contributed by atoms with E-state index in [0.717, 1.165) is 5.69 Å². The molecular formula is C14H14N2O3. The molecule has 0 fully saturated rings. The number of benzene rings is 1. The number of carbonyl (C=O) groups is 1. The Morgan fingerprint density at radius 3 is 2.68 bits per heavy atom. The van der Waals surface area contributed by atoms with Gasteiger partial charge in [-0.05, 0) is 31.2 Å². The normalized spacial score (nSPS) is 10.0. The van der Waals surface area contributed by atoms with Crippen LogP contribution in [0.15, 0.2) is 36.5 Å². The van der Waals surface area contributed by atoms with Gasteiger partial charge in [0.05, 0.1) is 24.6 Å². The first kappa shape index (κ1) is 12.9. The summed E-state index contributed by atoms with van der Waals surface area (Å²) in [6.45, 7) is 1.86. The van der Waals surface area contributed by atoms with E-state index in [1.165, 1.54) is 19.2 Å². The predicted molar refractivity (Wildman–Crippen MR) is 71.6 cm³/mol. The van der Waals surface area contributed by atoms with Crippen molar-refractivity contribution in [3.63, 3.8) is 0 Å². The topological polar surface area (TPSA) is 71.5 Å². The van der Waals surface area contributed by atoms with Gasteiger partial charge in [-0.2, -0.15) is 0 Å². The van der Waals surface area contributed by atoms with Crippen molar-refractivity contribution in [2.75, 3.05) is 12.4 Å². The van der Waals surface area contributed by atoms with Gasteiger partial charge in [0.15, 0.2) is 0 Å². The number of aromatic hydroxyl groups is 1. The Balaban J connectivity index is 2.18. The number of hydrogen-bond acceptors (Lipinski definition) is 4. The lowest BCUT2D eigenvalue weighted by molar-refractivity contribution is 0.102. The van der Waals surface area contributed by atoms with E-state index < -0.39 is 5.91 Å². The highest BCUT2D eigenvalue weighted by molar-refractivity contribution is 6.06. The molecule has 1 amide bonds. The SMILES string of the molecule is COc1ccc(C(=O)Nc2ccc(C)nc2)c(O)c1. The van der Waals surface area contributed by atoms with E-state index in [2.05, 4.69) is 10.3 Å². The number of anilines is 1. The summed E-state index contributed by atoms with van der Waals surface area (Å²) < 4.78 is 4.96. The number of nitrogens with one attached hydrogen (secondary N) is 1. The highest BCUT2D eigenvalue weighted by Crippen LogP contribution is 2.24. The minimum atomic E-state index is -0.397. The number of hydrogen-bond donors (Lipinski definition) is 2. The van der Waals surface area contributed by atoms with Gasteiger partial charge >= 0.3 is 0 Å². The van der Waals surface area contributed by atoms with Crippen molar-refractivity contribution in [2.45, 2.75) is 6.92 Å². The van der Waals surface area contributed by atoms with Crippen LogP contribution in [0.4, 0.5) is 5.69 Å². The highest BCUT2D eigenvalue weighted by atomic mass is 16.5. The molecule has 1 aromatic carbocycles. The monoisotopic (exact) mass is 258 g/mol. The number of aromatic nitrogens is 1. The predicted octanol–water partition coefficient (Wildman–Crippen LogP) is 2.36. The van der Waals surface area contributed by atoms with Gasteiger partial charge in [0.25, 0.3) is 5.91 Å². The molecule has 0 aliphatic rings. The molecule has 2 rings (SSSR count). The number of methoxy groups -OCH3 is 1. The zero-order chi connectivity index (χ0) is 13.8. The van der Waals surface area contributed by atoms with E-state index in [1.807, 2.05) is 6.92 Å². The third kappa shape index (κ3) is 3.01. The minimum Gasteiger partial charge on any atom is -0.507 e. The highest BCUT2D eigenvalue weighted by Gasteiger charge is 2.12. The summed E-state index contributed by atoms with van der Waals surface area (Å²) in [6.07, 6.45) is 1.56. The maximum atomic E-state index is 12.0. The lowest BCUT2D eigenvalue weighted by Gasteiger charge is -2.08. The van der Waals surface area contributed by atoms with Crippen molar-refractivity contribution in [1.82, 2.24) is 4.98 Å². The molecule has 0 radical (unpaired) electrons. The van der Waals surface area contributed by atoms with E-state index in [1.54, 1.807) is 24.4 Å². The molecule has 5 nitrogen and oxygen atoms in total. The van der Waals surface area contributed by atoms with E-state index in [-0.39, 0.29) is 11.3 Å². The van der Waals surface area contributed by atoms with Crippen molar-refractivity contribution in [3.05, 3.63) is 47.8 Å². The Kier molecular flexibility index (Phi) is 3.66. The van der Waals surface area contributed by atoms with Gasteiger partial charge in [-0.25, -0.2) is 0 Å². The summed E-state index contributed by atoms with van der Waals surface area (Å²) in [5, 5.41) is 12.4. The van der Waals surface area contributed by atoms with E-state index in [4.69, 9.17) is 4.74 Å². The molecule has 0 atom stereocenters. The number of rotatable bonds is 3. The summed E-state index contributed by atoms with van der Waals surface area (Å²) in [6, 6.07) is 8.06. The zero-order valence-electron chi connectivity index (χ0n) is 10.7. The van der Waals surface area contributed by atoms with Gasteiger partial charge in [-0.3, -0.25) is 9.78 Å².